The molecule has 0 aliphatic heterocycles. The number of carbonyl (C=O) groups is 2. The summed E-state index contributed by atoms with van der Waals surface area (Å²) in [6.07, 6.45) is 1.39. The van der Waals surface area contributed by atoms with E-state index in [0.29, 0.717) is 6.42 Å². The molecule has 0 unspecified atom stereocenters. The summed E-state index contributed by atoms with van der Waals surface area (Å²) in [5, 5.41) is 8.73. The molecule has 0 fully saturated rings. The zero-order valence-corrected chi connectivity index (χ0v) is 11.0. The number of carbonyl (C=O) groups excluding carboxylic acids is 1. The number of unbranched alkanes of at least 4 members (excludes halogenated alkanes) is 1. The van der Waals surface area contributed by atoms with Gasteiger partial charge in [-0.05, 0) is 18.6 Å². The first-order chi connectivity index (χ1) is 9.36. The van der Waals surface area contributed by atoms with Gasteiger partial charge >= 0.3 is 5.97 Å². The molecule has 1 rings (SSSR count). The lowest BCUT2D eigenvalue weighted by Crippen LogP contribution is -2.35. The Labute approximate surface area is 115 Å². The van der Waals surface area contributed by atoms with Crippen LogP contribution in [0.25, 0.3) is 0 Å². The van der Waals surface area contributed by atoms with Crippen molar-refractivity contribution in [2.24, 2.45) is 5.73 Å². The Balaban J connectivity index is 3.18. The number of hydrogen-bond acceptors (Lipinski definition) is 3. The molecule has 1 aromatic rings. The molecule has 0 heterocycles. The van der Waals surface area contributed by atoms with E-state index in [0.717, 1.165) is 18.6 Å². The van der Waals surface area contributed by atoms with Gasteiger partial charge in [0, 0.05) is 6.54 Å². The number of carboxylic acid groups (broad SMARTS) is 1. The molecule has 0 radical (unpaired) electrons. The number of benzene rings is 1. The third-order valence-corrected chi connectivity index (χ3v) is 2.71. The number of rotatable bonds is 7. The normalized spacial score (nSPS) is 10.3. The van der Waals surface area contributed by atoms with E-state index < -0.39 is 34.8 Å². The number of anilines is 1. The molecule has 110 valence electrons. The van der Waals surface area contributed by atoms with E-state index in [1.165, 1.54) is 4.90 Å². The first-order valence-electron chi connectivity index (χ1n) is 6.12. The summed E-state index contributed by atoms with van der Waals surface area (Å²) in [7, 11) is 0. The summed E-state index contributed by atoms with van der Waals surface area (Å²) in [5.41, 5.74) is 4.14. The summed E-state index contributed by atoms with van der Waals surface area (Å²) in [4.78, 5) is 22.9. The van der Waals surface area contributed by atoms with Gasteiger partial charge in [0.1, 0.15) is 17.3 Å². The Kier molecular flexibility index (Phi) is 5.42. The van der Waals surface area contributed by atoms with E-state index in [1.54, 1.807) is 0 Å². The monoisotopic (exact) mass is 286 g/mol. The minimum absolute atomic E-state index is 0.250. The van der Waals surface area contributed by atoms with Crippen LogP contribution >= 0.6 is 0 Å². The van der Waals surface area contributed by atoms with E-state index in [-0.39, 0.29) is 13.1 Å². The van der Waals surface area contributed by atoms with Crippen LogP contribution in [0.4, 0.5) is 14.5 Å². The molecule has 0 saturated heterocycles. The highest BCUT2D eigenvalue weighted by Gasteiger charge is 2.21. The molecular weight excluding hydrogens is 270 g/mol. The van der Waals surface area contributed by atoms with Crippen LogP contribution in [0.5, 0.6) is 0 Å². The zero-order chi connectivity index (χ0) is 15.3. The topological polar surface area (TPSA) is 83.6 Å². The van der Waals surface area contributed by atoms with E-state index in [4.69, 9.17) is 10.8 Å². The van der Waals surface area contributed by atoms with Crippen LogP contribution in [0.3, 0.4) is 0 Å². The fraction of sp³-hybridized carbons (Fsp3) is 0.385. The maximum absolute atomic E-state index is 13.9. The van der Waals surface area contributed by atoms with Crippen LogP contribution in [-0.2, 0) is 4.79 Å². The fourth-order valence-electron chi connectivity index (χ4n) is 1.80. The second-order valence-electron chi connectivity index (χ2n) is 4.34. The summed E-state index contributed by atoms with van der Waals surface area (Å²) >= 11 is 0. The van der Waals surface area contributed by atoms with Gasteiger partial charge in [-0.25, -0.2) is 13.6 Å². The molecule has 0 saturated carbocycles. The molecule has 0 spiro atoms. The summed E-state index contributed by atoms with van der Waals surface area (Å²) < 4.78 is 27.8. The van der Waals surface area contributed by atoms with Gasteiger partial charge in [0.25, 0.3) is 0 Å². The van der Waals surface area contributed by atoms with Crippen molar-refractivity contribution >= 4 is 17.6 Å². The maximum atomic E-state index is 13.9. The van der Waals surface area contributed by atoms with Crippen molar-refractivity contribution in [2.45, 2.75) is 19.8 Å². The standard InChI is InChI=1S/C13H16F2N2O3/c1-2-3-4-17(7-11(16)18)12-9(14)5-8(13(19)20)6-10(12)15/h5-6H,2-4,7H2,1H3,(H2,16,18)(H,19,20). The molecule has 0 aliphatic rings. The van der Waals surface area contributed by atoms with Gasteiger partial charge < -0.3 is 15.7 Å². The van der Waals surface area contributed by atoms with Crippen LogP contribution in [0.15, 0.2) is 12.1 Å². The number of hydrogen-bond donors (Lipinski definition) is 2. The lowest BCUT2D eigenvalue weighted by molar-refractivity contribution is -0.116. The molecule has 5 nitrogen and oxygen atoms in total. The molecule has 0 aromatic heterocycles. The number of nitrogens with zero attached hydrogens (tertiary/aromatic N) is 1. The third-order valence-electron chi connectivity index (χ3n) is 2.71. The molecule has 1 aromatic carbocycles. The Hall–Kier alpha value is -2.18. The highest BCUT2D eigenvalue weighted by Crippen LogP contribution is 2.25. The van der Waals surface area contributed by atoms with Gasteiger partial charge in [0.2, 0.25) is 5.91 Å². The van der Waals surface area contributed by atoms with Gasteiger partial charge in [-0.15, -0.1) is 0 Å². The zero-order valence-electron chi connectivity index (χ0n) is 11.0. The molecular formula is C13H16F2N2O3. The Morgan fingerprint density at radius 3 is 2.25 bits per heavy atom. The molecule has 20 heavy (non-hydrogen) atoms. The molecule has 1 amide bonds. The number of nitrogens with two attached hydrogens (primary N) is 1. The molecule has 0 bridgehead atoms. The Bertz CT molecular complexity index is 497. The smallest absolute Gasteiger partial charge is 0.335 e. The average Bonchev–Trinajstić information content (AvgIpc) is 2.33. The second-order valence-corrected chi connectivity index (χ2v) is 4.34. The first kappa shape index (κ1) is 15.9. The Morgan fingerprint density at radius 1 is 1.30 bits per heavy atom. The summed E-state index contributed by atoms with van der Waals surface area (Å²) in [6, 6.07) is 1.45. The minimum atomic E-state index is -1.43. The average molecular weight is 286 g/mol. The molecule has 0 atom stereocenters. The molecule has 0 aliphatic carbocycles. The van der Waals surface area contributed by atoms with Gasteiger partial charge in [-0.2, -0.15) is 0 Å². The molecule has 7 heteroatoms. The van der Waals surface area contributed by atoms with Crippen LogP contribution in [0, 0.1) is 11.6 Å². The van der Waals surface area contributed by atoms with Gasteiger partial charge in [-0.3, -0.25) is 4.79 Å². The van der Waals surface area contributed by atoms with E-state index in [9.17, 15) is 18.4 Å². The van der Waals surface area contributed by atoms with Crippen molar-refractivity contribution in [2.75, 3.05) is 18.0 Å². The summed E-state index contributed by atoms with van der Waals surface area (Å²) in [5.74, 6) is -4.20. The first-order valence-corrected chi connectivity index (χ1v) is 6.12. The minimum Gasteiger partial charge on any atom is -0.478 e. The largest absolute Gasteiger partial charge is 0.478 e. The number of aromatic carboxylic acids is 1. The summed E-state index contributed by atoms with van der Waals surface area (Å²) in [6.45, 7) is 1.81. The van der Waals surface area contributed by atoms with Crippen molar-refractivity contribution in [1.82, 2.24) is 0 Å². The van der Waals surface area contributed by atoms with Crippen molar-refractivity contribution < 1.29 is 23.5 Å². The van der Waals surface area contributed by atoms with Crippen molar-refractivity contribution in [3.8, 4) is 0 Å². The molecule has 3 N–H and O–H groups in total. The van der Waals surface area contributed by atoms with Crippen LogP contribution in [-0.4, -0.2) is 30.1 Å². The fourth-order valence-corrected chi connectivity index (χ4v) is 1.80. The highest BCUT2D eigenvalue weighted by molar-refractivity contribution is 5.88. The third kappa shape index (κ3) is 3.91. The predicted molar refractivity (Wildman–Crippen MR) is 69.6 cm³/mol. The van der Waals surface area contributed by atoms with E-state index in [1.807, 2.05) is 6.92 Å². The Morgan fingerprint density at radius 2 is 1.85 bits per heavy atom. The maximum Gasteiger partial charge on any atom is 0.335 e. The number of carboxylic acids is 1. The predicted octanol–water partition coefficient (Wildman–Crippen LogP) is 1.75. The van der Waals surface area contributed by atoms with Gasteiger partial charge in [-0.1, -0.05) is 13.3 Å². The SMILES string of the molecule is CCCCN(CC(N)=O)c1c(F)cc(C(=O)O)cc1F. The van der Waals surface area contributed by atoms with Crippen molar-refractivity contribution in [3.63, 3.8) is 0 Å². The number of halogens is 2. The van der Waals surface area contributed by atoms with E-state index in [2.05, 4.69) is 0 Å². The van der Waals surface area contributed by atoms with Gasteiger partial charge in [0.15, 0.2) is 0 Å². The van der Waals surface area contributed by atoms with Crippen LogP contribution in [0.1, 0.15) is 30.1 Å². The number of amides is 1. The van der Waals surface area contributed by atoms with Crippen LogP contribution < -0.4 is 10.6 Å². The highest BCUT2D eigenvalue weighted by atomic mass is 19.1. The van der Waals surface area contributed by atoms with Crippen molar-refractivity contribution in [1.29, 1.82) is 0 Å². The van der Waals surface area contributed by atoms with Gasteiger partial charge in [0.05, 0.1) is 12.1 Å². The van der Waals surface area contributed by atoms with E-state index >= 15 is 0 Å². The number of primary amides is 1. The lowest BCUT2D eigenvalue weighted by Gasteiger charge is -2.24. The second kappa shape index (κ2) is 6.83. The van der Waals surface area contributed by atoms with Crippen LogP contribution in [0.2, 0.25) is 0 Å². The quantitative estimate of drug-likeness (QED) is 0.800. The van der Waals surface area contributed by atoms with Crippen molar-refractivity contribution in [3.05, 3.63) is 29.3 Å². The lowest BCUT2D eigenvalue weighted by atomic mass is 10.1.